The van der Waals surface area contributed by atoms with E-state index in [9.17, 15) is 71.5 Å². The molecule has 0 N–H and O–H groups in total. The van der Waals surface area contributed by atoms with Crippen LogP contribution >= 0.6 is 0 Å². The number of hydrogen-bond donors (Lipinski definition) is 0. The number of carbonyl (C=O) groups is 3. The fourth-order valence-electron chi connectivity index (χ4n) is 2.94. The van der Waals surface area contributed by atoms with Gasteiger partial charge >= 0.3 is 53.7 Å². The van der Waals surface area contributed by atoms with Crippen LogP contribution in [-0.2, 0) is 33.0 Å². The fraction of sp³-hybridized carbons (Fsp3) is 0.625. The van der Waals surface area contributed by atoms with E-state index >= 15 is 0 Å². The van der Waals surface area contributed by atoms with Gasteiger partial charge in [-0.05, 0) is 19.1 Å². The standard InChI is InChI=1S/C24H27F13O7Si/c1-6-15(38)41-11-18(12-42-16(39)7-2,13-43-17(40)8-3)14-44-45(4,5)10-9-19(25,26)20(27,28)21(29,30)22(31,32)23(33,34)24(35,36)37/h6-8H,1-3,9-14H2,4-5H3. The maximum absolute atomic E-state index is 14.3. The second-order valence-corrected chi connectivity index (χ2v) is 14.3. The van der Waals surface area contributed by atoms with E-state index < -0.39 is 106 Å². The van der Waals surface area contributed by atoms with Gasteiger partial charge in [0.1, 0.15) is 19.8 Å². The van der Waals surface area contributed by atoms with Gasteiger partial charge in [-0.25, -0.2) is 14.4 Å². The van der Waals surface area contributed by atoms with Gasteiger partial charge in [-0.1, -0.05) is 19.7 Å². The van der Waals surface area contributed by atoms with Crippen LogP contribution in [0.2, 0.25) is 19.1 Å². The Morgan fingerprint density at radius 1 is 0.578 bits per heavy atom. The Bertz CT molecular complexity index is 1050. The van der Waals surface area contributed by atoms with E-state index in [1.165, 1.54) is 0 Å². The third-order valence-corrected chi connectivity index (χ3v) is 8.25. The van der Waals surface area contributed by atoms with Crippen LogP contribution in [0, 0.1) is 5.41 Å². The van der Waals surface area contributed by atoms with Crippen LogP contribution in [0.3, 0.4) is 0 Å². The van der Waals surface area contributed by atoms with Crippen molar-refractivity contribution in [3.63, 3.8) is 0 Å². The molecule has 0 saturated heterocycles. The molecule has 0 spiro atoms. The predicted octanol–water partition coefficient (Wildman–Crippen LogP) is 6.51. The van der Waals surface area contributed by atoms with Crippen molar-refractivity contribution in [3.05, 3.63) is 38.0 Å². The summed E-state index contributed by atoms with van der Waals surface area (Å²) in [7, 11) is -3.92. The highest BCUT2D eigenvalue weighted by molar-refractivity contribution is 6.71. The molecule has 260 valence electrons. The van der Waals surface area contributed by atoms with Crippen LogP contribution < -0.4 is 0 Å². The van der Waals surface area contributed by atoms with E-state index in [4.69, 9.17) is 18.6 Å². The Labute approximate surface area is 248 Å². The monoisotopic (exact) mass is 702 g/mol. The van der Waals surface area contributed by atoms with Crippen molar-refractivity contribution >= 4 is 26.2 Å². The molecule has 0 aliphatic heterocycles. The summed E-state index contributed by atoms with van der Waals surface area (Å²) in [5.74, 6) is -40.8. The van der Waals surface area contributed by atoms with E-state index in [0.717, 1.165) is 13.1 Å². The predicted molar refractivity (Wildman–Crippen MR) is 130 cm³/mol. The molecule has 0 bridgehead atoms. The van der Waals surface area contributed by atoms with Crippen LogP contribution in [0.5, 0.6) is 0 Å². The number of carbonyl (C=O) groups excluding carboxylic acids is 3. The van der Waals surface area contributed by atoms with Gasteiger partial charge in [-0.2, -0.15) is 57.1 Å². The van der Waals surface area contributed by atoms with Gasteiger partial charge in [-0.15, -0.1) is 0 Å². The quantitative estimate of drug-likeness (QED) is 0.0499. The fourth-order valence-corrected chi connectivity index (χ4v) is 4.69. The molecular weight excluding hydrogens is 675 g/mol. The molecule has 0 unspecified atom stereocenters. The summed E-state index contributed by atoms with van der Waals surface area (Å²) in [6.07, 6.45) is -8.01. The van der Waals surface area contributed by atoms with Crippen molar-refractivity contribution in [3.8, 4) is 0 Å². The molecule has 0 radical (unpaired) electrons. The molecule has 0 aliphatic carbocycles. The summed E-state index contributed by atoms with van der Waals surface area (Å²) in [4.78, 5) is 34.9. The van der Waals surface area contributed by atoms with Gasteiger partial charge in [-0.3, -0.25) is 0 Å². The largest absolute Gasteiger partial charge is 0.462 e. The highest BCUT2D eigenvalue weighted by atomic mass is 28.4. The first-order valence-electron chi connectivity index (χ1n) is 12.0. The normalized spacial score (nSPS) is 13.9. The minimum Gasteiger partial charge on any atom is -0.462 e. The second-order valence-electron chi connectivity index (χ2n) is 9.98. The lowest BCUT2D eigenvalue weighted by Crippen LogP contribution is -2.70. The lowest BCUT2D eigenvalue weighted by Gasteiger charge is -2.40. The molecular formula is C24H27F13O7Si. The molecule has 0 amide bonds. The topological polar surface area (TPSA) is 88.1 Å². The number of esters is 3. The second kappa shape index (κ2) is 14.5. The van der Waals surface area contributed by atoms with E-state index in [1.54, 1.807) is 0 Å². The Hall–Kier alpha value is -3.10. The third-order valence-electron chi connectivity index (χ3n) is 5.87. The molecule has 0 heterocycles. The highest BCUT2D eigenvalue weighted by Gasteiger charge is 2.90. The molecule has 0 aliphatic rings. The van der Waals surface area contributed by atoms with Crippen molar-refractivity contribution in [1.82, 2.24) is 0 Å². The highest BCUT2D eigenvalue weighted by Crippen LogP contribution is 2.61. The molecule has 7 nitrogen and oxygen atoms in total. The summed E-state index contributed by atoms with van der Waals surface area (Å²) in [6.45, 7) is 7.97. The SMILES string of the molecule is C=CC(=O)OCC(COC(=O)C=C)(COC(=O)C=C)CO[Si](C)(C)CCC(F)(F)C(F)(F)C(F)(F)C(F)(F)C(F)(F)C(F)(F)F. The van der Waals surface area contributed by atoms with Crippen LogP contribution in [0.4, 0.5) is 57.1 Å². The average molecular weight is 703 g/mol. The first-order chi connectivity index (χ1) is 20.0. The molecule has 0 aromatic rings. The van der Waals surface area contributed by atoms with Gasteiger partial charge in [0.05, 0.1) is 5.41 Å². The van der Waals surface area contributed by atoms with Gasteiger partial charge in [0, 0.05) is 31.3 Å². The first-order valence-corrected chi connectivity index (χ1v) is 15.1. The average Bonchev–Trinajstić information content (AvgIpc) is 2.93. The third kappa shape index (κ3) is 9.69. The number of alkyl halides is 13. The van der Waals surface area contributed by atoms with Crippen molar-refractivity contribution in [2.24, 2.45) is 5.41 Å². The Morgan fingerprint density at radius 3 is 1.22 bits per heavy atom. The van der Waals surface area contributed by atoms with E-state index in [-0.39, 0.29) is 0 Å². The molecule has 0 rings (SSSR count). The van der Waals surface area contributed by atoms with Crippen molar-refractivity contribution in [1.29, 1.82) is 0 Å². The summed E-state index contributed by atoms with van der Waals surface area (Å²) in [5, 5.41) is 0. The smallest absolute Gasteiger partial charge is 0.460 e. The van der Waals surface area contributed by atoms with Crippen molar-refractivity contribution in [2.75, 3.05) is 26.4 Å². The van der Waals surface area contributed by atoms with E-state index in [2.05, 4.69) is 19.7 Å². The number of ether oxygens (including phenoxy) is 3. The van der Waals surface area contributed by atoms with Crippen LogP contribution in [-0.4, -0.2) is 88.4 Å². The Balaban J connectivity index is 6.24. The Kier molecular flexibility index (Phi) is 13.5. The van der Waals surface area contributed by atoms with Crippen molar-refractivity contribution < 1.29 is 90.1 Å². The zero-order chi connectivity index (χ0) is 35.9. The Morgan fingerprint density at radius 2 is 0.911 bits per heavy atom. The molecule has 0 aromatic heterocycles. The van der Waals surface area contributed by atoms with Crippen LogP contribution in [0.25, 0.3) is 0 Å². The number of rotatable bonds is 19. The molecule has 0 saturated carbocycles. The van der Waals surface area contributed by atoms with Crippen molar-refractivity contribution in [2.45, 2.75) is 61.3 Å². The maximum Gasteiger partial charge on any atom is 0.460 e. The lowest BCUT2D eigenvalue weighted by atomic mass is 9.92. The summed E-state index contributed by atoms with van der Waals surface area (Å²) < 4.78 is 195. The summed E-state index contributed by atoms with van der Waals surface area (Å²) in [5.41, 5.74) is -1.88. The van der Waals surface area contributed by atoms with Crippen LogP contribution in [0.1, 0.15) is 6.42 Å². The van der Waals surface area contributed by atoms with Gasteiger partial charge in [0.15, 0.2) is 8.32 Å². The number of halogens is 13. The van der Waals surface area contributed by atoms with Gasteiger partial charge in [0.2, 0.25) is 0 Å². The molecule has 0 fully saturated rings. The molecule has 0 aromatic carbocycles. The van der Waals surface area contributed by atoms with E-state index in [0.29, 0.717) is 18.2 Å². The zero-order valence-corrected chi connectivity index (χ0v) is 24.4. The minimum absolute atomic E-state index is 0.669. The molecule has 21 heteroatoms. The molecule has 45 heavy (non-hydrogen) atoms. The van der Waals surface area contributed by atoms with E-state index in [1.807, 2.05) is 0 Å². The molecule has 0 atom stereocenters. The maximum atomic E-state index is 14.3. The number of hydrogen-bond acceptors (Lipinski definition) is 7. The van der Waals surface area contributed by atoms with Gasteiger partial charge < -0.3 is 18.6 Å². The van der Waals surface area contributed by atoms with Gasteiger partial charge in [0.25, 0.3) is 0 Å². The summed E-state index contributed by atoms with van der Waals surface area (Å²) >= 11 is 0. The first kappa shape index (κ1) is 41.9. The lowest BCUT2D eigenvalue weighted by molar-refractivity contribution is -0.439. The zero-order valence-electron chi connectivity index (χ0n) is 23.4. The van der Waals surface area contributed by atoms with Crippen LogP contribution in [0.15, 0.2) is 38.0 Å². The summed E-state index contributed by atoms with van der Waals surface area (Å²) in [6, 6.07) is -1.35. The minimum atomic E-state index is -8.02.